The standard InChI is InChI=1S/C23H39Cl2NO5Si/c1-21(2,3)31-20(28)26(12-13-27)16-23(29,17-9-10-18(24)19(25)15-17)11-14-30-32(7,8)22(4,5)6/h9-10,15,27,29H,11-14,16H2,1-8H3. The van der Waals surface area contributed by atoms with Gasteiger partial charge in [0.25, 0.3) is 0 Å². The number of nitrogens with zero attached hydrogens (tertiary/aromatic N) is 1. The first-order valence-electron chi connectivity index (χ1n) is 10.8. The van der Waals surface area contributed by atoms with E-state index < -0.39 is 25.6 Å². The molecule has 9 heteroatoms. The van der Waals surface area contributed by atoms with Crippen LogP contribution >= 0.6 is 23.2 Å². The summed E-state index contributed by atoms with van der Waals surface area (Å²) in [7, 11) is -2.04. The summed E-state index contributed by atoms with van der Waals surface area (Å²) in [5.74, 6) is 0. The van der Waals surface area contributed by atoms with Gasteiger partial charge in [-0.25, -0.2) is 4.79 Å². The predicted octanol–water partition coefficient (Wildman–Crippen LogP) is 5.82. The lowest BCUT2D eigenvalue weighted by Gasteiger charge is -2.39. The average Bonchev–Trinajstić information content (AvgIpc) is 2.61. The van der Waals surface area contributed by atoms with Crippen LogP contribution in [0.15, 0.2) is 18.2 Å². The first-order valence-corrected chi connectivity index (χ1v) is 14.5. The molecule has 0 saturated carbocycles. The molecule has 1 rings (SSSR count). The van der Waals surface area contributed by atoms with Crippen molar-refractivity contribution in [3.05, 3.63) is 33.8 Å². The summed E-state index contributed by atoms with van der Waals surface area (Å²) in [6.45, 7) is 16.0. The van der Waals surface area contributed by atoms with Crippen LogP contribution in [0.25, 0.3) is 0 Å². The van der Waals surface area contributed by atoms with E-state index in [0.29, 0.717) is 22.2 Å². The predicted molar refractivity (Wildman–Crippen MR) is 133 cm³/mol. The zero-order valence-electron chi connectivity index (χ0n) is 20.6. The fourth-order valence-electron chi connectivity index (χ4n) is 2.79. The highest BCUT2D eigenvalue weighted by Gasteiger charge is 2.39. The highest BCUT2D eigenvalue weighted by molar-refractivity contribution is 6.74. The molecule has 0 radical (unpaired) electrons. The lowest BCUT2D eigenvalue weighted by Crippen LogP contribution is -2.48. The molecule has 1 aromatic carbocycles. The van der Waals surface area contributed by atoms with Crippen molar-refractivity contribution in [2.75, 3.05) is 26.3 Å². The molecular weight excluding hydrogens is 469 g/mol. The van der Waals surface area contributed by atoms with Crippen molar-refractivity contribution in [1.82, 2.24) is 4.90 Å². The third-order valence-corrected chi connectivity index (χ3v) is 11.0. The second-order valence-corrected chi connectivity index (χ2v) is 16.3. The molecule has 1 atom stereocenters. The summed E-state index contributed by atoms with van der Waals surface area (Å²) in [5, 5.41) is 22.0. The number of ether oxygens (including phenoxy) is 1. The van der Waals surface area contributed by atoms with E-state index in [-0.39, 0.29) is 31.2 Å². The lowest BCUT2D eigenvalue weighted by atomic mass is 9.90. The summed E-state index contributed by atoms with van der Waals surface area (Å²) in [6, 6.07) is 4.90. The number of hydrogen-bond acceptors (Lipinski definition) is 5. The summed E-state index contributed by atoms with van der Waals surface area (Å²) >= 11 is 12.3. The molecule has 0 spiro atoms. The van der Waals surface area contributed by atoms with Gasteiger partial charge in [0.2, 0.25) is 0 Å². The summed E-state index contributed by atoms with van der Waals surface area (Å²) in [6.07, 6.45) is -0.391. The van der Waals surface area contributed by atoms with E-state index in [1.807, 2.05) is 0 Å². The summed E-state index contributed by atoms with van der Waals surface area (Å²) in [5.41, 5.74) is -1.68. The SMILES string of the molecule is CC(C)(C)OC(=O)N(CCO)CC(O)(CCO[Si](C)(C)C(C)(C)C)c1ccc(Cl)c(Cl)c1. The monoisotopic (exact) mass is 507 g/mol. The Morgan fingerprint density at radius 3 is 2.16 bits per heavy atom. The van der Waals surface area contributed by atoms with E-state index in [0.717, 1.165) is 0 Å². The molecule has 0 saturated heterocycles. The number of halogens is 2. The minimum Gasteiger partial charge on any atom is -0.444 e. The van der Waals surface area contributed by atoms with Crippen molar-refractivity contribution in [3.8, 4) is 0 Å². The van der Waals surface area contributed by atoms with Gasteiger partial charge in [0.05, 0.1) is 23.2 Å². The van der Waals surface area contributed by atoms with Gasteiger partial charge in [-0.15, -0.1) is 0 Å². The van der Waals surface area contributed by atoms with E-state index in [4.69, 9.17) is 32.4 Å². The number of amides is 1. The van der Waals surface area contributed by atoms with E-state index in [9.17, 15) is 15.0 Å². The Morgan fingerprint density at radius 2 is 1.69 bits per heavy atom. The maximum Gasteiger partial charge on any atom is 0.410 e. The molecule has 1 amide bonds. The van der Waals surface area contributed by atoms with Gasteiger partial charge < -0.3 is 24.3 Å². The van der Waals surface area contributed by atoms with Crippen molar-refractivity contribution in [1.29, 1.82) is 0 Å². The minimum absolute atomic E-state index is 0.0155. The van der Waals surface area contributed by atoms with Crippen LogP contribution in [-0.4, -0.2) is 61.4 Å². The van der Waals surface area contributed by atoms with Crippen LogP contribution in [-0.2, 0) is 14.8 Å². The molecule has 2 N–H and O–H groups in total. The smallest absolute Gasteiger partial charge is 0.410 e. The quantitative estimate of drug-likeness (QED) is 0.411. The number of hydrogen-bond donors (Lipinski definition) is 2. The maximum atomic E-state index is 12.8. The third-order valence-electron chi connectivity index (χ3n) is 5.72. The van der Waals surface area contributed by atoms with Crippen molar-refractivity contribution in [3.63, 3.8) is 0 Å². The lowest BCUT2D eigenvalue weighted by molar-refractivity contribution is -0.0347. The molecule has 184 valence electrons. The van der Waals surface area contributed by atoms with E-state index in [1.54, 1.807) is 39.0 Å². The van der Waals surface area contributed by atoms with Crippen LogP contribution in [0.1, 0.15) is 53.5 Å². The summed E-state index contributed by atoms with van der Waals surface area (Å²) in [4.78, 5) is 14.1. The van der Waals surface area contributed by atoms with Crippen molar-refractivity contribution in [2.45, 2.75) is 77.3 Å². The van der Waals surface area contributed by atoms with Crippen molar-refractivity contribution >= 4 is 37.6 Å². The first kappa shape index (κ1) is 29.2. The number of carbonyl (C=O) groups excluding carboxylic acids is 1. The highest BCUT2D eigenvalue weighted by atomic mass is 35.5. The topological polar surface area (TPSA) is 79.2 Å². The third kappa shape index (κ3) is 8.50. The van der Waals surface area contributed by atoms with E-state index >= 15 is 0 Å². The van der Waals surface area contributed by atoms with Gasteiger partial charge in [-0.3, -0.25) is 0 Å². The number of carbonyl (C=O) groups is 1. The molecule has 32 heavy (non-hydrogen) atoms. The largest absolute Gasteiger partial charge is 0.444 e. The molecular formula is C23H39Cl2NO5Si. The Kier molecular flexibility index (Phi) is 10.1. The zero-order chi connectivity index (χ0) is 25.0. The van der Waals surface area contributed by atoms with Gasteiger partial charge in [-0.2, -0.15) is 0 Å². The van der Waals surface area contributed by atoms with E-state index in [1.165, 1.54) is 4.90 Å². The molecule has 0 aliphatic carbocycles. The molecule has 0 fully saturated rings. The Bertz CT molecular complexity index is 777. The van der Waals surface area contributed by atoms with Gasteiger partial charge >= 0.3 is 6.09 Å². The molecule has 1 unspecified atom stereocenters. The second kappa shape index (κ2) is 11.1. The van der Waals surface area contributed by atoms with Gasteiger partial charge in [-0.05, 0) is 56.6 Å². The summed E-state index contributed by atoms with van der Waals surface area (Å²) < 4.78 is 11.8. The number of aliphatic hydroxyl groups is 2. The fourth-order valence-corrected chi connectivity index (χ4v) is 4.13. The number of aliphatic hydroxyl groups excluding tert-OH is 1. The maximum absolute atomic E-state index is 12.8. The highest BCUT2D eigenvalue weighted by Crippen LogP contribution is 2.38. The Labute approximate surface area is 203 Å². The average molecular weight is 509 g/mol. The van der Waals surface area contributed by atoms with Gasteiger partial charge in [-0.1, -0.05) is 50.0 Å². The normalized spacial score (nSPS) is 14.8. The number of benzene rings is 1. The van der Waals surface area contributed by atoms with Gasteiger partial charge in [0.1, 0.15) is 11.2 Å². The Hall–Kier alpha value is -0.833. The van der Waals surface area contributed by atoms with Crippen LogP contribution in [0.3, 0.4) is 0 Å². The number of rotatable bonds is 9. The van der Waals surface area contributed by atoms with Crippen molar-refractivity contribution in [2.24, 2.45) is 0 Å². The van der Waals surface area contributed by atoms with Crippen LogP contribution < -0.4 is 0 Å². The van der Waals surface area contributed by atoms with Crippen LogP contribution in [0.4, 0.5) is 4.79 Å². The molecule has 0 bridgehead atoms. The van der Waals surface area contributed by atoms with Gasteiger partial charge in [0.15, 0.2) is 8.32 Å². The molecule has 1 aromatic rings. The fraction of sp³-hybridized carbons (Fsp3) is 0.696. The molecule has 0 aliphatic rings. The second-order valence-electron chi connectivity index (χ2n) is 10.6. The first-order chi connectivity index (χ1) is 14.4. The Balaban J connectivity index is 3.23. The van der Waals surface area contributed by atoms with Crippen molar-refractivity contribution < 1.29 is 24.2 Å². The van der Waals surface area contributed by atoms with Gasteiger partial charge in [0, 0.05) is 19.6 Å². The Morgan fingerprint density at radius 1 is 1.09 bits per heavy atom. The van der Waals surface area contributed by atoms with Crippen LogP contribution in [0.2, 0.25) is 28.2 Å². The molecule has 0 aromatic heterocycles. The minimum atomic E-state index is -2.04. The molecule has 0 aliphatic heterocycles. The van der Waals surface area contributed by atoms with Crippen LogP contribution in [0.5, 0.6) is 0 Å². The molecule has 0 heterocycles. The van der Waals surface area contributed by atoms with E-state index in [2.05, 4.69) is 33.9 Å². The van der Waals surface area contributed by atoms with Crippen LogP contribution in [0, 0.1) is 0 Å². The molecule has 6 nitrogen and oxygen atoms in total. The zero-order valence-corrected chi connectivity index (χ0v) is 23.1.